The number of nitrogens with zero attached hydrogens (tertiary/aromatic N) is 1. The summed E-state index contributed by atoms with van der Waals surface area (Å²) in [6.45, 7) is 0. The van der Waals surface area contributed by atoms with Crippen LogP contribution in [0.1, 0.15) is 42.2 Å². The molecule has 184 valence electrons. The minimum atomic E-state index is -1.02. The molecule has 0 bridgehead atoms. The smallest absolute Gasteiger partial charge is 0.248 e. The molecule has 0 aliphatic heterocycles. The lowest BCUT2D eigenvalue weighted by Crippen LogP contribution is -2.46. The van der Waals surface area contributed by atoms with E-state index in [9.17, 15) is 14.0 Å². The second kappa shape index (κ2) is 11.4. The van der Waals surface area contributed by atoms with Gasteiger partial charge in [-0.05, 0) is 60.2 Å². The fraction of sp³-hybridized carbons (Fsp3) is 0.333. The number of nitrogens with one attached hydrogen (secondary N) is 1. The molecule has 0 unspecified atom stereocenters. The van der Waals surface area contributed by atoms with Crippen molar-refractivity contribution in [2.75, 3.05) is 19.1 Å². The minimum absolute atomic E-state index is 0.0481. The van der Waals surface area contributed by atoms with Crippen LogP contribution >= 0.6 is 11.3 Å². The number of benzene rings is 2. The topological polar surface area (TPSA) is 67.9 Å². The van der Waals surface area contributed by atoms with Gasteiger partial charge in [0.2, 0.25) is 11.8 Å². The number of methoxy groups -OCH3 is 2. The van der Waals surface area contributed by atoms with Gasteiger partial charge in [-0.2, -0.15) is 0 Å². The largest absolute Gasteiger partial charge is 0.493 e. The van der Waals surface area contributed by atoms with Crippen LogP contribution in [0.2, 0.25) is 0 Å². The molecular formula is C27H29FN2O4S. The van der Waals surface area contributed by atoms with Gasteiger partial charge >= 0.3 is 0 Å². The second-order valence-corrected chi connectivity index (χ2v) is 9.54. The first-order valence-corrected chi connectivity index (χ1v) is 12.5. The van der Waals surface area contributed by atoms with Crippen LogP contribution in [0.3, 0.4) is 0 Å². The molecule has 2 aromatic carbocycles. The Kier molecular flexibility index (Phi) is 8.02. The lowest BCUT2D eigenvalue weighted by Gasteiger charge is -2.32. The van der Waals surface area contributed by atoms with Crippen molar-refractivity contribution >= 4 is 28.8 Å². The van der Waals surface area contributed by atoms with Crippen molar-refractivity contribution in [2.45, 2.75) is 44.2 Å². The highest BCUT2D eigenvalue weighted by molar-refractivity contribution is 7.10. The lowest BCUT2D eigenvalue weighted by atomic mass is 10.0. The predicted molar refractivity (Wildman–Crippen MR) is 135 cm³/mol. The molecule has 1 saturated carbocycles. The molecule has 1 atom stereocenters. The Bertz CT molecular complexity index is 1160. The van der Waals surface area contributed by atoms with E-state index in [-0.39, 0.29) is 24.3 Å². The molecule has 1 heterocycles. The van der Waals surface area contributed by atoms with Gasteiger partial charge in [0.05, 0.1) is 20.6 Å². The zero-order chi connectivity index (χ0) is 24.8. The van der Waals surface area contributed by atoms with Crippen molar-refractivity contribution in [3.63, 3.8) is 0 Å². The molecule has 6 nitrogen and oxygen atoms in total. The zero-order valence-electron chi connectivity index (χ0n) is 19.8. The van der Waals surface area contributed by atoms with Crippen molar-refractivity contribution in [1.29, 1.82) is 0 Å². The van der Waals surface area contributed by atoms with Crippen LogP contribution in [0.4, 0.5) is 10.1 Å². The Morgan fingerprint density at radius 3 is 2.49 bits per heavy atom. The van der Waals surface area contributed by atoms with E-state index >= 15 is 0 Å². The first-order valence-electron chi connectivity index (χ1n) is 11.6. The molecule has 1 aliphatic carbocycles. The molecule has 1 fully saturated rings. The summed E-state index contributed by atoms with van der Waals surface area (Å²) in [5, 5.41) is 5.02. The summed E-state index contributed by atoms with van der Waals surface area (Å²) in [6, 6.07) is 13.7. The number of hydrogen-bond acceptors (Lipinski definition) is 5. The first kappa shape index (κ1) is 24.7. The number of thiophene rings is 1. The van der Waals surface area contributed by atoms with E-state index in [1.807, 2.05) is 17.5 Å². The van der Waals surface area contributed by atoms with Gasteiger partial charge in [0.25, 0.3) is 0 Å². The standard InChI is InChI=1S/C27H29FN2O4S/c1-33-23-13-12-18(15-24(23)34-2)26(27(32)29-20-8-3-4-9-20)30(21-10-5-7-19(28)16-21)25(31)17-22-11-6-14-35-22/h5-7,10-16,20,26H,3-4,8-9,17H2,1-2H3,(H,29,32)/t26-/m0/s1. The molecule has 0 radical (unpaired) electrons. The number of carbonyl (C=O) groups is 2. The fourth-order valence-corrected chi connectivity index (χ4v) is 5.20. The summed E-state index contributed by atoms with van der Waals surface area (Å²) in [5.41, 5.74) is 0.856. The summed E-state index contributed by atoms with van der Waals surface area (Å²) < 4.78 is 25.1. The van der Waals surface area contributed by atoms with Crippen LogP contribution in [-0.4, -0.2) is 32.1 Å². The third kappa shape index (κ3) is 5.82. The molecule has 0 spiro atoms. The molecule has 4 rings (SSSR count). The number of halogens is 1. The molecule has 1 aliphatic rings. The minimum Gasteiger partial charge on any atom is -0.493 e. The SMILES string of the molecule is COc1ccc([C@@H](C(=O)NC2CCCC2)N(C(=O)Cc2cccs2)c2cccc(F)c2)cc1OC. The number of ether oxygens (including phenoxy) is 2. The van der Waals surface area contributed by atoms with Crippen molar-refractivity contribution in [3.05, 3.63) is 76.2 Å². The van der Waals surface area contributed by atoms with Gasteiger partial charge in [0, 0.05) is 16.6 Å². The van der Waals surface area contributed by atoms with Gasteiger partial charge in [-0.15, -0.1) is 11.3 Å². The molecule has 3 aromatic rings. The maximum Gasteiger partial charge on any atom is 0.248 e. The Morgan fingerprint density at radius 2 is 1.83 bits per heavy atom. The number of rotatable bonds is 9. The maximum absolute atomic E-state index is 14.3. The second-order valence-electron chi connectivity index (χ2n) is 8.51. The molecular weight excluding hydrogens is 467 g/mol. The van der Waals surface area contributed by atoms with Crippen LogP contribution in [0.15, 0.2) is 60.0 Å². The third-order valence-corrected chi connectivity index (χ3v) is 7.07. The average molecular weight is 497 g/mol. The highest BCUT2D eigenvalue weighted by atomic mass is 32.1. The van der Waals surface area contributed by atoms with E-state index < -0.39 is 11.9 Å². The highest BCUT2D eigenvalue weighted by Crippen LogP contribution is 2.35. The van der Waals surface area contributed by atoms with Crippen LogP contribution in [0.5, 0.6) is 11.5 Å². The average Bonchev–Trinajstić information content (AvgIpc) is 3.56. The van der Waals surface area contributed by atoms with Gasteiger partial charge in [0.15, 0.2) is 11.5 Å². The van der Waals surface area contributed by atoms with Gasteiger partial charge in [0.1, 0.15) is 11.9 Å². The summed E-state index contributed by atoms with van der Waals surface area (Å²) in [6.07, 6.45) is 3.99. The van der Waals surface area contributed by atoms with Crippen molar-refractivity contribution in [2.24, 2.45) is 0 Å². The van der Waals surface area contributed by atoms with Gasteiger partial charge in [-0.25, -0.2) is 4.39 Å². The monoisotopic (exact) mass is 496 g/mol. The van der Waals surface area contributed by atoms with Crippen molar-refractivity contribution in [1.82, 2.24) is 5.32 Å². The summed E-state index contributed by atoms with van der Waals surface area (Å²) in [4.78, 5) is 29.8. The van der Waals surface area contributed by atoms with E-state index in [1.54, 1.807) is 24.3 Å². The zero-order valence-corrected chi connectivity index (χ0v) is 20.6. The molecule has 8 heteroatoms. The third-order valence-electron chi connectivity index (χ3n) is 6.19. The predicted octanol–water partition coefficient (Wildman–Crippen LogP) is 5.28. The van der Waals surface area contributed by atoms with Crippen molar-refractivity contribution < 1.29 is 23.5 Å². The summed E-state index contributed by atoms with van der Waals surface area (Å²) in [5.74, 6) is -0.159. The van der Waals surface area contributed by atoms with Crippen LogP contribution in [0, 0.1) is 5.82 Å². The molecule has 35 heavy (non-hydrogen) atoms. The van der Waals surface area contributed by atoms with Crippen molar-refractivity contribution in [3.8, 4) is 11.5 Å². The number of anilines is 1. The number of hydrogen-bond donors (Lipinski definition) is 1. The Hall–Kier alpha value is -3.39. The van der Waals surface area contributed by atoms with E-state index in [0.717, 1.165) is 30.6 Å². The Labute approximate surface area is 208 Å². The summed E-state index contributed by atoms with van der Waals surface area (Å²) >= 11 is 1.46. The van der Waals surface area contributed by atoms with Gasteiger partial charge < -0.3 is 14.8 Å². The van der Waals surface area contributed by atoms with E-state index in [4.69, 9.17) is 9.47 Å². The molecule has 0 saturated heterocycles. The maximum atomic E-state index is 14.3. The fourth-order valence-electron chi connectivity index (χ4n) is 4.50. The quantitative estimate of drug-likeness (QED) is 0.438. The van der Waals surface area contributed by atoms with E-state index in [0.29, 0.717) is 22.7 Å². The Morgan fingerprint density at radius 1 is 1.06 bits per heavy atom. The Balaban J connectivity index is 1.81. The first-order chi connectivity index (χ1) is 17.0. The van der Waals surface area contributed by atoms with Crippen LogP contribution in [-0.2, 0) is 16.0 Å². The molecule has 1 aromatic heterocycles. The molecule has 2 amide bonds. The number of carbonyl (C=O) groups excluding carboxylic acids is 2. The van der Waals surface area contributed by atoms with Crippen LogP contribution < -0.4 is 19.7 Å². The van der Waals surface area contributed by atoms with E-state index in [2.05, 4.69) is 5.32 Å². The number of amides is 2. The molecule has 1 N–H and O–H groups in total. The van der Waals surface area contributed by atoms with E-state index in [1.165, 1.54) is 48.7 Å². The van der Waals surface area contributed by atoms with Gasteiger partial charge in [-0.1, -0.05) is 31.0 Å². The normalized spacial score (nSPS) is 14.4. The summed E-state index contributed by atoms with van der Waals surface area (Å²) in [7, 11) is 3.05. The van der Waals surface area contributed by atoms with Crippen LogP contribution in [0.25, 0.3) is 0 Å². The lowest BCUT2D eigenvalue weighted by molar-refractivity contribution is -0.127. The van der Waals surface area contributed by atoms with Gasteiger partial charge in [-0.3, -0.25) is 14.5 Å². The highest BCUT2D eigenvalue weighted by Gasteiger charge is 2.35.